The Morgan fingerprint density at radius 1 is 1.21 bits per heavy atom. The molecule has 0 saturated carbocycles. The second kappa shape index (κ2) is 7.17. The number of hydrogen-bond donors (Lipinski definition) is 1. The lowest BCUT2D eigenvalue weighted by Gasteiger charge is -2.32. The Balaban J connectivity index is 1.64. The molecule has 3 amide bonds. The van der Waals surface area contributed by atoms with Gasteiger partial charge in [0.2, 0.25) is 0 Å². The van der Waals surface area contributed by atoms with Crippen LogP contribution in [0.2, 0.25) is 0 Å². The number of amides is 3. The number of carbonyl (C=O) groups is 2. The summed E-state index contributed by atoms with van der Waals surface area (Å²) >= 11 is 0. The van der Waals surface area contributed by atoms with Crippen molar-refractivity contribution in [1.29, 1.82) is 0 Å². The largest absolute Gasteiger partial charge is 0.338 e. The van der Waals surface area contributed by atoms with E-state index in [9.17, 15) is 14.0 Å². The van der Waals surface area contributed by atoms with E-state index in [-0.39, 0.29) is 35.6 Å². The van der Waals surface area contributed by atoms with Crippen molar-refractivity contribution in [3.05, 3.63) is 52.6 Å². The van der Waals surface area contributed by atoms with Crippen LogP contribution in [0.5, 0.6) is 0 Å². The molecular weight excluding hydrogens is 373 g/mol. The molecule has 2 fully saturated rings. The summed E-state index contributed by atoms with van der Waals surface area (Å²) in [6, 6.07) is 6.09. The molecule has 2 aliphatic heterocycles. The molecular formula is C21H26FN5O2. The zero-order valence-electron chi connectivity index (χ0n) is 17.1. The smallest absolute Gasteiger partial charge is 0.320 e. The Labute approximate surface area is 169 Å². The quantitative estimate of drug-likeness (QED) is 0.844. The molecule has 1 N–H and O–H groups in total. The second-order valence-electron chi connectivity index (χ2n) is 8.27. The summed E-state index contributed by atoms with van der Waals surface area (Å²) in [5, 5.41) is 7.00. The molecule has 3 atom stereocenters. The number of aromatic amines is 1. The van der Waals surface area contributed by atoms with Gasteiger partial charge in [0.05, 0.1) is 17.3 Å². The van der Waals surface area contributed by atoms with Crippen molar-refractivity contribution in [3.63, 3.8) is 0 Å². The Bertz CT molecular complexity index is 937. The monoisotopic (exact) mass is 399 g/mol. The van der Waals surface area contributed by atoms with E-state index < -0.39 is 0 Å². The van der Waals surface area contributed by atoms with Gasteiger partial charge >= 0.3 is 6.03 Å². The maximum absolute atomic E-state index is 13.9. The highest BCUT2D eigenvalue weighted by atomic mass is 19.1. The molecule has 0 spiro atoms. The number of aromatic nitrogens is 2. The average Bonchev–Trinajstić information content (AvgIpc) is 3.32. The van der Waals surface area contributed by atoms with Crippen molar-refractivity contribution in [2.75, 3.05) is 33.7 Å². The number of H-pyrrole nitrogens is 1. The summed E-state index contributed by atoms with van der Waals surface area (Å²) in [5.74, 6) is -0.133. The zero-order chi connectivity index (χ0) is 20.9. The predicted molar refractivity (Wildman–Crippen MR) is 106 cm³/mol. The van der Waals surface area contributed by atoms with Crippen LogP contribution in [0.25, 0.3) is 0 Å². The number of hydrogen-bond acceptors (Lipinski definition) is 3. The van der Waals surface area contributed by atoms with Gasteiger partial charge in [-0.25, -0.2) is 9.18 Å². The molecule has 0 unspecified atom stereocenters. The highest BCUT2D eigenvalue weighted by molar-refractivity contribution is 5.96. The fourth-order valence-electron chi connectivity index (χ4n) is 4.81. The van der Waals surface area contributed by atoms with Crippen LogP contribution in [0, 0.1) is 31.5 Å². The van der Waals surface area contributed by atoms with Crippen LogP contribution < -0.4 is 0 Å². The molecule has 0 aliphatic carbocycles. The van der Waals surface area contributed by atoms with Gasteiger partial charge in [0.1, 0.15) is 5.82 Å². The fraction of sp³-hybridized carbons (Fsp3) is 0.476. The third-order valence-electron chi connectivity index (χ3n) is 6.11. The minimum absolute atomic E-state index is 0.0355. The van der Waals surface area contributed by atoms with E-state index in [1.165, 1.54) is 12.1 Å². The maximum atomic E-state index is 13.9. The number of urea groups is 1. The van der Waals surface area contributed by atoms with Gasteiger partial charge in [0.15, 0.2) is 0 Å². The molecule has 1 aromatic heterocycles. The van der Waals surface area contributed by atoms with E-state index >= 15 is 0 Å². The van der Waals surface area contributed by atoms with Crippen molar-refractivity contribution in [2.45, 2.75) is 19.9 Å². The normalized spacial score (nSPS) is 23.4. The lowest BCUT2D eigenvalue weighted by atomic mass is 9.89. The first kappa shape index (κ1) is 19.4. The molecule has 0 radical (unpaired) electrons. The van der Waals surface area contributed by atoms with Crippen LogP contribution in [-0.2, 0) is 0 Å². The Morgan fingerprint density at radius 2 is 1.97 bits per heavy atom. The van der Waals surface area contributed by atoms with Crippen LogP contribution in [0.1, 0.15) is 33.4 Å². The van der Waals surface area contributed by atoms with Gasteiger partial charge in [-0.3, -0.25) is 9.89 Å². The number of rotatable bonds is 2. The number of nitrogens with one attached hydrogen (secondary N) is 1. The van der Waals surface area contributed by atoms with Crippen molar-refractivity contribution < 1.29 is 14.0 Å². The Kier molecular flexibility index (Phi) is 4.80. The molecule has 2 saturated heterocycles. The van der Waals surface area contributed by atoms with Gasteiger partial charge in [0.25, 0.3) is 5.91 Å². The highest BCUT2D eigenvalue weighted by Gasteiger charge is 2.50. The molecule has 4 rings (SSSR count). The van der Waals surface area contributed by atoms with Crippen LogP contribution in [0.4, 0.5) is 9.18 Å². The van der Waals surface area contributed by atoms with E-state index in [1.807, 2.05) is 29.7 Å². The SMILES string of the molecule is Cc1n[nH]c(C)c1C(=O)N1C[C@@H]2CN(C(=O)N(C)C)[C@H](c3cccc(F)c3)[C@@H]2C1. The lowest BCUT2D eigenvalue weighted by molar-refractivity contribution is 0.0765. The van der Waals surface area contributed by atoms with Crippen molar-refractivity contribution in [2.24, 2.45) is 11.8 Å². The van der Waals surface area contributed by atoms with Gasteiger partial charge in [0, 0.05) is 51.3 Å². The first-order valence-electron chi connectivity index (χ1n) is 9.82. The summed E-state index contributed by atoms with van der Waals surface area (Å²) in [7, 11) is 3.44. The first-order chi connectivity index (χ1) is 13.8. The molecule has 3 heterocycles. The Morgan fingerprint density at radius 3 is 2.59 bits per heavy atom. The lowest BCUT2D eigenvalue weighted by Crippen LogP contribution is -2.42. The molecule has 2 aromatic rings. The number of likely N-dealkylation sites (tertiary alicyclic amines) is 2. The third-order valence-corrected chi connectivity index (χ3v) is 6.11. The summed E-state index contributed by atoms with van der Waals surface area (Å²) in [4.78, 5) is 31.1. The van der Waals surface area contributed by atoms with E-state index in [1.54, 1.807) is 25.1 Å². The number of fused-ring (bicyclic) bond motifs is 1. The van der Waals surface area contributed by atoms with Crippen molar-refractivity contribution >= 4 is 11.9 Å². The zero-order valence-corrected chi connectivity index (χ0v) is 17.1. The van der Waals surface area contributed by atoms with Crippen LogP contribution in [0.15, 0.2) is 24.3 Å². The maximum Gasteiger partial charge on any atom is 0.320 e. The highest BCUT2D eigenvalue weighted by Crippen LogP contribution is 2.45. The number of benzene rings is 1. The summed E-state index contributed by atoms with van der Waals surface area (Å²) in [6.45, 7) is 5.33. The molecule has 0 bridgehead atoms. The van der Waals surface area contributed by atoms with Gasteiger partial charge < -0.3 is 14.7 Å². The van der Waals surface area contributed by atoms with Gasteiger partial charge in [-0.1, -0.05) is 12.1 Å². The Hall–Kier alpha value is -2.90. The summed E-state index contributed by atoms with van der Waals surface area (Å²) < 4.78 is 13.9. The minimum atomic E-state index is -0.321. The average molecular weight is 399 g/mol. The van der Waals surface area contributed by atoms with Gasteiger partial charge in [-0.05, 0) is 31.5 Å². The molecule has 8 heteroatoms. The predicted octanol–water partition coefficient (Wildman–Crippen LogP) is 2.59. The molecule has 29 heavy (non-hydrogen) atoms. The van der Waals surface area contributed by atoms with Gasteiger partial charge in [-0.15, -0.1) is 0 Å². The van der Waals surface area contributed by atoms with E-state index in [0.29, 0.717) is 30.9 Å². The van der Waals surface area contributed by atoms with E-state index in [0.717, 1.165) is 11.3 Å². The van der Waals surface area contributed by atoms with E-state index in [2.05, 4.69) is 10.2 Å². The van der Waals surface area contributed by atoms with Gasteiger partial charge in [-0.2, -0.15) is 5.10 Å². The second-order valence-corrected chi connectivity index (χ2v) is 8.27. The molecule has 1 aromatic carbocycles. The first-order valence-corrected chi connectivity index (χ1v) is 9.82. The topological polar surface area (TPSA) is 72.5 Å². The standard InChI is InChI=1S/C21H26FN5O2/c1-12-18(13(2)24-23-12)20(28)26-9-15-10-27(21(29)25(3)4)19(17(15)11-26)14-6-5-7-16(22)8-14/h5-8,15,17,19H,9-11H2,1-4H3,(H,23,24)/t15-,17-,19-/m1/s1. The fourth-order valence-corrected chi connectivity index (χ4v) is 4.81. The molecule has 7 nitrogen and oxygen atoms in total. The van der Waals surface area contributed by atoms with Crippen molar-refractivity contribution in [1.82, 2.24) is 24.9 Å². The van der Waals surface area contributed by atoms with Crippen molar-refractivity contribution in [3.8, 4) is 0 Å². The van der Waals surface area contributed by atoms with E-state index in [4.69, 9.17) is 0 Å². The van der Waals surface area contributed by atoms with Crippen LogP contribution in [-0.4, -0.2) is 70.6 Å². The molecule has 2 aliphatic rings. The number of halogens is 1. The number of aryl methyl sites for hydroxylation is 2. The summed E-state index contributed by atoms with van der Waals surface area (Å²) in [5.41, 5.74) is 2.84. The number of carbonyl (C=O) groups excluding carboxylic acids is 2. The van der Waals surface area contributed by atoms with Crippen LogP contribution in [0.3, 0.4) is 0 Å². The minimum Gasteiger partial charge on any atom is -0.338 e. The third kappa shape index (κ3) is 3.26. The molecule has 154 valence electrons. The van der Waals surface area contributed by atoms with Crippen LogP contribution >= 0.6 is 0 Å². The summed E-state index contributed by atoms with van der Waals surface area (Å²) in [6.07, 6.45) is 0. The number of nitrogens with zero attached hydrogens (tertiary/aromatic N) is 4.